The Morgan fingerprint density at radius 3 is 2.00 bits per heavy atom. The van der Waals surface area contributed by atoms with Gasteiger partial charge in [-0.2, -0.15) is 0 Å². The maximum absolute atomic E-state index is 11.0. The van der Waals surface area contributed by atoms with Crippen LogP contribution in [-0.4, -0.2) is 0 Å². The van der Waals surface area contributed by atoms with Crippen LogP contribution in [0.2, 0.25) is 0 Å². The highest BCUT2D eigenvalue weighted by molar-refractivity contribution is 14.1. The molecule has 0 spiro atoms. The molecule has 4 heteroatoms. The van der Waals surface area contributed by atoms with Gasteiger partial charge in [-0.25, -0.2) is 0 Å². The molecule has 0 saturated carbocycles. The summed E-state index contributed by atoms with van der Waals surface area (Å²) < 4.78 is 6.84. The van der Waals surface area contributed by atoms with E-state index in [4.69, 9.17) is 4.42 Å². The van der Waals surface area contributed by atoms with Gasteiger partial charge in [-0.15, -0.1) is 0 Å². The molecule has 0 fully saturated rings. The van der Waals surface area contributed by atoms with Crippen molar-refractivity contribution in [2.45, 2.75) is 8.86 Å². The summed E-state index contributed by atoms with van der Waals surface area (Å²) in [6.45, 7) is 0. The predicted octanol–water partition coefficient (Wildman–Crippen LogP) is 2.51. The minimum Gasteiger partial charge on any atom is -0.464 e. The molecule has 60 valence electrons. The molecule has 0 radical (unpaired) electrons. The van der Waals surface area contributed by atoms with Gasteiger partial charge in [0.15, 0.2) is 5.43 Å². The Morgan fingerprint density at radius 2 is 1.64 bits per heavy atom. The first-order valence-electron chi connectivity index (χ1n) is 3.01. The molecule has 0 aliphatic heterocycles. The van der Waals surface area contributed by atoms with Gasteiger partial charge in [-0.3, -0.25) is 4.79 Å². The summed E-state index contributed by atoms with van der Waals surface area (Å²) in [5, 5.41) is 0. The molecular formula is C7H6I2O2. The molecule has 0 saturated heterocycles. The van der Waals surface area contributed by atoms with Crippen LogP contribution in [0.15, 0.2) is 21.3 Å². The monoisotopic (exact) mass is 376 g/mol. The van der Waals surface area contributed by atoms with Gasteiger partial charge in [0.2, 0.25) is 0 Å². The molecule has 1 aromatic heterocycles. The first kappa shape index (κ1) is 9.50. The molecule has 1 rings (SSSR count). The van der Waals surface area contributed by atoms with E-state index in [-0.39, 0.29) is 5.43 Å². The van der Waals surface area contributed by atoms with E-state index in [1.54, 1.807) is 0 Å². The van der Waals surface area contributed by atoms with Crippen molar-refractivity contribution in [2.75, 3.05) is 0 Å². The second-order valence-corrected chi connectivity index (χ2v) is 3.52. The highest BCUT2D eigenvalue weighted by Crippen LogP contribution is 2.08. The van der Waals surface area contributed by atoms with Crippen LogP contribution in [0, 0.1) is 0 Å². The topological polar surface area (TPSA) is 30.2 Å². The third-order valence-corrected chi connectivity index (χ3v) is 2.64. The molecule has 0 aliphatic carbocycles. The number of alkyl halides is 2. The van der Waals surface area contributed by atoms with E-state index < -0.39 is 0 Å². The lowest BCUT2D eigenvalue weighted by molar-refractivity contribution is 0.482. The zero-order valence-corrected chi connectivity index (χ0v) is 9.96. The molecule has 0 amide bonds. The summed E-state index contributed by atoms with van der Waals surface area (Å²) in [5.41, 5.74) is 0.0367. The van der Waals surface area contributed by atoms with Gasteiger partial charge >= 0.3 is 0 Å². The van der Waals surface area contributed by atoms with Crippen LogP contribution in [0.4, 0.5) is 0 Å². The standard InChI is InChI=1S/C7H6I2O2/c8-3-6-1-5(10)2-7(4-9)11-6/h1-2H,3-4H2. The van der Waals surface area contributed by atoms with Gasteiger partial charge in [0, 0.05) is 12.1 Å². The Balaban J connectivity index is 3.12. The highest BCUT2D eigenvalue weighted by Gasteiger charge is 1.98. The van der Waals surface area contributed by atoms with E-state index in [1.807, 2.05) is 0 Å². The lowest BCUT2D eigenvalue weighted by atomic mass is 10.4. The van der Waals surface area contributed by atoms with Crippen molar-refractivity contribution in [3.8, 4) is 0 Å². The number of hydrogen-bond donors (Lipinski definition) is 0. The zero-order chi connectivity index (χ0) is 8.27. The summed E-state index contributed by atoms with van der Waals surface area (Å²) in [6.07, 6.45) is 0. The molecule has 0 bridgehead atoms. The van der Waals surface area contributed by atoms with E-state index in [2.05, 4.69) is 45.2 Å². The predicted molar refractivity (Wildman–Crippen MR) is 60.4 cm³/mol. The molecule has 0 N–H and O–H groups in total. The molecule has 0 aromatic carbocycles. The van der Waals surface area contributed by atoms with E-state index in [0.717, 1.165) is 20.4 Å². The SMILES string of the molecule is O=c1cc(CI)oc(CI)c1. The second-order valence-electron chi connectivity index (χ2n) is 1.99. The van der Waals surface area contributed by atoms with Crippen molar-refractivity contribution in [2.24, 2.45) is 0 Å². The molecule has 11 heavy (non-hydrogen) atoms. The smallest absolute Gasteiger partial charge is 0.185 e. The number of hydrogen-bond acceptors (Lipinski definition) is 2. The Kier molecular flexibility index (Phi) is 3.83. The normalized spacial score (nSPS) is 10.0. The number of rotatable bonds is 2. The summed E-state index contributed by atoms with van der Waals surface area (Å²) >= 11 is 4.34. The summed E-state index contributed by atoms with van der Waals surface area (Å²) in [6, 6.07) is 3.06. The Labute approximate surface area is 91.7 Å². The second kappa shape index (κ2) is 4.44. The number of halogens is 2. The lowest BCUT2D eigenvalue weighted by Crippen LogP contribution is -2.00. The fourth-order valence-electron chi connectivity index (χ4n) is 0.718. The van der Waals surface area contributed by atoms with Gasteiger partial charge in [-0.05, 0) is 0 Å². The van der Waals surface area contributed by atoms with Crippen LogP contribution < -0.4 is 5.43 Å². The molecule has 2 nitrogen and oxygen atoms in total. The van der Waals surface area contributed by atoms with Crippen LogP contribution in [-0.2, 0) is 8.86 Å². The van der Waals surface area contributed by atoms with E-state index in [9.17, 15) is 4.79 Å². The lowest BCUT2D eigenvalue weighted by Gasteiger charge is -1.96. The van der Waals surface area contributed by atoms with Gasteiger partial charge in [-0.1, -0.05) is 45.2 Å². The average Bonchev–Trinajstić information content (AvgIpc) is 2.03. The zero-order valence-electron chi connectivity index (χ0n) is 5.64. The average molecular weight is 376 g/mol. The quantitative estimate of drug-likeness (QED) is 0.587. The van der Waals surface area contributed by atoms with Crippen molar-refractivity contribution in [1.82, 2.24) is 0 Å². The molecule has 1 heterocycles. The molecule has 0 atom stereocenters. The van der Waals surface area contributed by atoms with Crippen LogP contribution >= 0.6 is 45.2 Å². The molecule has 0 aliphatic rings. The van der Waals surface area contributed by atoms with Crippen molar-refractivity contribution >= 4 is 45.2 Å². The fourth-order valence-corrected chi connectivity index (χ4v) is 1.47. The molecular weight excluding hydrogens is 370 g/mol. The Hall–Kier alpha value is 0.410. The largest absolute Gasteiger partial charge is 0.464 e. The van der Waals surface area contributed by atoms with Gasteiger partial charge < -0.3 is 4.42 Å². The van der Waals surface area contributed by atoms with E-state index >= 15 is 0 Å². The summed E-state index contributed by atoms with van der Waals surface area (Å²) in [7, 11) is 0. The maximum Gasteiger partial charge on any atom is 0.185 e. The molecule has 0 unspecified atom stereocenters. The summed E-state index contributed by atoms with van der Waals surface area (Å²) in [5.74, 6) is 1.51. The van der Waals surface area contributed by atoms with Crippen LogP contribution in [0.5, 0.6) is 0 Å². The first-order valence-corrected chi connectivity index (χ1v) is 6.06. The third-order valence-electron chi connectivity index (χ3n) is 1.13. The van der Waals surface area contributed by atoms with Crippen LogP contribution in [0.25, 0.3) is 0 Å². The van der Waals surface area contributed by atoms with E-state index in [1.165, 1.54) is 12.1 Å². The highest BCUT2D eigenvalue weighted by atomic mass is 127. The van der Waals surface area contributed by atoms with Crippen molar-refractivity contribution in [3.63, 3.8) is 0 Å². The van der Waals surface area contributed by atoms with Crippen molar-refractivity contribution < 1.29 is 4.42 Å². The fraction of sp³-hybridized carbons (Fsp3) is 0.286. The van der Waals surface area contributed by atoms with Crippen molar-refractivity contribution in [3.05, 3.63) is 33.9 Å². The third kappa shape index (κ3) is 2.73. The van der Waals surface area contributed by atoms with Gasteiger partial charge in [0.05, 0.1) is 8.86 Å². The van der Waals surface area contributed by atoms with Gasteiger partial charge in [0.1, 0.15) is 11.5 Å². The van der Waals surface area contributed by atoms with Gasteiger partial charge in [0.25, 0.3) is 0 Å². The first-order chi connectivity index (χ1) is 5.26. The van der Waals surface area contributed by atoms with Crippen molar-refractivity contribution in [1.29, 1.82) is 0 Å². The Morgan fingerprint density at radius 1 is 1.18 bits per heavy atom. The van der Waals surface area contributed by atoms with Crippen LogP contribution in [0.3, 0.4) is 0 Å². The van der Waals surface area contributed by atoms with E-state index in [0.29, 0.717) is 0 Å². The van der Waals surface area contributed by atoms with Crippen LogP contribution in [0.1, 0.15) is 11.5 Å². The minimum absolute atomic E-state index is 0.0367. The summed E-state index contributed by atoms with van der Waals surface area (Å²) in [4.78, 5) is 11.0. The minimum atomic E-state index is 0.0367. The molecule has 1 aromatic rings. The Bertz CT molecular complexity index is 267. The maximum atomic E-state index is 11.0.